The monoisotopic (exact) mass is 254 g/mol. The van der Waals surface area contributed by atoms with Crippen molar-refractivity contribution in [3.63, 3.8) is 0 Å². The van der Waals surface area contributed by atoms with Crippen LogP contribution in [0.2, 0.25) is 0 Å². The van der Waals surface area contributed by atoms with Crippen LogP contribution in [-0.2, 0) is 4.79 Å². The summed E-state index contributed by atoms with van der Waals surface area (Å²) in [5.41, 5.74) is -0.188. The van der Waals surface area contributed by atoms with Gasteiger partial charge in [-0.05, 0) is 30.6 Å². The molecule has 1 aliphatic carbocycles. The lowest BCUT2D eigenvalue weighted by molar-refractivity contribution is -0.141. The van der Waals surface area contributed by atoms with E-state index in [1.54, 1.807) is 0 Å². The van der Waals surface area contributed by atoms with Gasteiger partial charge in [0.1, 0.15) is 0 Å². The molecule has 2 aliphatic rings. The molecule has 0 bridgehead atoms. The number of hydrogen-bond donors (Lipinski definition) is 2. The lowest BCUT2D eigenvalue weighted by Crippen LogP contribution is -2.47. The molecule has 2 rings (SSSR count). The van der Waals surface area contributed by atoms with E-state index in [1.807, 2.05) is 4.90 Å². The molecule has 0 aromatic heterocycles. The minimum absolute atomic E-state index is 0.0315. The van der Waals surface area contributed by atoms with Gasteiger partial charge in [-0.2, -0.15) is 0 Å². The minimum atomic E-state index is -0.765. The lowest BCUT2D eigenvalue weighted by Gasteiger charge is -2.41. The Morgan fingerprint density at radius 3 is 2.61 bits per heavy atom. The molecule has 1 heterocycles. The molecule has 1 atom stereocenters. The molecule has 2 N–H and O–H groups in total. The fraction of sp³-hybridized carbons (Fsp3) is 0.846. The van der Waals surface area contributed by atoms with E-state index < -0.39 is 5.97 Å². The topological polar surface area (TPSA) is 69.6 Å². The number of carbonyl (C=O) groups is 2. The Hall–Kier alpha value is -1.26. The molecule has 1 saturated carbocycles. The van der Waals surface area contributed by atoms with Crippen molar-refractivity contribution in [3.8, 4) is 0 Å². The van der Waals surface area contributed by atoms with Crippen LogP contribution in [0.3, 0.4) is 0 Å². The highest BCUT2D eigenvalue weighted by Crippen LogP contribution is 2.43. The SMILES string of the molecule is CC1CCN(C(=O)NCC2(CC(=O)O)CCC2)C1. The Morgan fingerprint density at radius 1 is 1.44 bits per heavy atom. The van der Waals surface area contributed by atoms with Crippen LogP contribution in [0.15, 0.2) is 0 Å². The molecule has 0 spiro atoms. The Labute approximate surface area is 108 Å². The molecule has 0 aromatic rings. The van der Waals surface area contributed by atoms with Gasteiger partial charge in [0.05, 0.1) is 6.42 Å². The number of carboxylic acids is 1. The molecular weight excluding hydrogens is 232 g/mol. The molecule has 0 radical (unpaired) electrons. The molecule has 1 aliphatic heterocycles. The smallest absolute Gasteiger partial charge is 0.317 e. The summed E-state index contributed by atoms with van der Waals surface area (Å²) in [5, 5.41) is 11.8. The Morgan fingerprint density at radius 2 is 2.17 bits per heavy atom. The van der Waals surface area contributed by atoms with Gasteiger partial charge in [-0.3, -0.25) is 4.79 Å². The van der Waals surface area contributed by atoms with Gasteiger partial charge >= 0.3 is 12.0 Å². The first-order valence-corrected chi connectivity index (χ1v) is 6.75. The lowest BCUT2D eigenvalue weighted by atomic mass is 9.66. The molecule has 5 heteroatoms. The van der Waals surface area contributed by atoms with Gasteiger partial charge in [-0.15, -0.1) is 0 Å². The number of nitrogens with zero attached hydrogens (tertiary/aromatic N) is 1. The Balaban J connectivity index is 1.79. The van der Waals surface area contributed by atoms with Crippen LogP contribution >= 0.6 is 0 Å². The zero-order valence-corrected chi connectivity index (χ0v) is 10.9. The highest BCUT2D eigenvalue weighted by molar-refractivity contribution is 5.74. The predicted octanol–water partition coefficient (Wildman–Crippen LogP) is 1.68. The molecule has 0 aromatic carbocycles. The third kappa shape index (κ3) is 2.94. The first kappa shape index (κ1) is 13.2. The number of carbonyl (C=O) groups excluding carboxylic acids is 1. The zero-order chi connectivity index (χ0) is 13.2. The molecule has 2 amide bonds. The van der Waals surface area contributed by atoms with Gasteiger partial charge < -0.3 is 15.3 Å². The van der Waals surface area contributed by atoms with Crippen molar-refractivity contribution in [2.24, 2.45) is 11.3 Å². The number of rotatable bonds is 4. The minimum Gasteiger partial charge on any atom is -0.481 e. The summed E-state index contributed by atoms with van der Waals surface area (Å²) in [5.74, 6) is -0.189. The fourth-order valence-electron chi connectivity index (χ4n) is 2.91. The molecule has 102 valence electrons. The van der Waals surface area contributed by atoms with Crippen LogP contribution in [0.5, 0.6) is 0 Å². The second-order valence-electron chi connectivity index (χ2n) is 5.92. The highest BCUT2D eigenvalue weighted by atomic mass is 16.4. The van der Waals surface area contributed by atoms with Crippen LogP contribution in [0.25, 0.3) is 0 Å². The zero-order valence-electron chi connectivity index (χ0n) is 10.9. The van der Waals surface area contributed by atoms with E-state index in [1.165, 1.54) is 0 Å². The van der Waals surface area contributed by atoms with Crippen molar-refractivity contribution in [1.29, 1.82) is 0 Å². The summed E-state index contributed by atoms with van der Waals surface area (Å²) in [7, 11) is 0. The van der Waals surface area contributed by atoms with Gasteiger partial charge in [-0.25, -0.2) is 4.79 Å². The number of aliphatic carboxylic acids is 1. The quantitative estimate of drug-likeness (QED) is 0.802. The molecule has 2 fully saturated rings. The van der Waals surface area contributed by atoms with E-state index >= 15 is 0 Å². The van der Waals surface area contributed by atoms with E-state index in [4.69, 9.17) is 5.11 Å². The van der Waals surface area contributed by atoms with Crippen molar-refractivity contribution in [2.45, 2.75) is 39.0 Å². The molecule has 5 nitrogen and oxygen atoms in total. The van der Waals surface area contributed by atoms with Gasteiger partial charge in [0.2, 0.25) is 0 Å². The number of nitrogens with one attached hydrogen (secondary N) is 1. The Bertz CT molecular complexity index is 339. The average Bonchev–Trinajstić information content (AvgIpc) is 2.68. The van der Waals surface area contributed by atoms with Crippen LogP contribution < -0.4 is 5.32 Å². The number of urea groups is 1. The van der Waals surface area contributed by atoms with Crippen LogP contribution in [0.4, 0.5) is 4.79 Å². The summed E-state index contributed by atoms with van der Waals surface area (Å²) >= 11 is 0. The maximum Gasteiger partial charge on any atom is 0.317 e. The fourth-order valence-corrected chi connectivity index (χ4v) is 2.91. The summed E-state index contributed by atoms with van der Waals surface area (Å²) in [6.45, 7) is 4.28. The van der Waals surface area contributed by atoms with E-state index in [-0.39, 0.29) is 17.9 Å². The first-order chi connectivity index (χ1) is 8.51. The van der Waals surface area contributed by atoms with Crippen molar-refractivity contribution < 1.29 is 14.7 Å². The van der Waals surface area contributed by atoms with Gasteiger partial charge in [-0.1, -0.05) is 13.3 Å². The highest BCUT2D eigenvalue weighted by Gasteiger charge is 2.39. The van der Waals surface area contributed by atoms with Crippen LogP contribution in [0.1, 0.15) is 39.0 Å². The van der Waals surface area contributed by atoms with Gasteiger partial charge in [0, 0.05) is 19.6 Å². The maximum absolute atomic E-state index is 11.9. The van der Waals surface area contributed by atoms with E-state index in [0.29, 0.717) is 12.5 Å². The second-order valence-corrected chi connectivity index (χ2v) is 5.92. The Kier molecular flexibility index (Phi) is 3.78. The first-order valence-electron chi connectivity index (χ1n) is 6.75. The average molecular weight is 254 g/mol. The number of carboxylic acid groups (broad SMARTS) is 1. The summed E-state index contributed by atoms with van der Waals surface area (Å²) in [6.07, 6.45) is 4.13. The molecule has 18 heavy (non-hydrogen) atoms. The second kappa shape index (κ2) is 5.16. The standard InChI is InChI=1S/C13H22N2O3/c1-10-3-6-15(8-10)12(18)14-9-13(4-2-5-13)7-11(16)17/h10H,2-9H2,1H3,(H,14,18)(H,16,17). The van der Waals surface area contributed by atoms with E-state index in [2.05, 4.69) is 12.2 Å². The molecule has 1 unspecified atom stereocenters. The van der Waals surface area contributed by atoms with Gasteiger partial charge in [0.15, 0.2) is 0 Å². The number of amides is 2. The van der Waals surface area contributed by atoms with Crippen LogP contribution in [0, 0.1) is 11.3 Å². The van der Waals surface area contributed by atoms with Crippen molar-refractivity contribution in [2.75, 3.05) is 19.6 Å². The van der Waals surface area contributed by atoms with E-state index in [0.717, 1.165) is 38.8 Å². The van der Waals surface area contributed by atoms with Crippen LogP contribution in [-0.4, -0.2) is 41.6 Å². The number of likely N-dealkylation sites (tertiary alicyclic amines) is 1. The largest absolute Gasteiger partial charge is 0.481 e. The molecule has 1 saturated heterocycles. The summed E-state index contributed by atoms with van der Waals surface area (Å²) < 4.78 is 0. The molecular formula is C13H22N2O3. The normalized spacial score (nSPS) is 25.6. The van der Waals surface area contributed by atoms with E-state index in [9.17, 15) is 9.59 Å². The van der Waals surface area contributed by atoms with Crippen molar-refractivity contribution >= 4 is 12.0 Å². The number of hydrogen-bond acceptors (Lipinski definition) is 2. The van der Waals surface area contributed by atoms with Crippen molar-refractivity contribution in [3.05, 3.63) is 0 Å². The predicted molar refractivity (Wildman–Crippen MR) is 67.3 cm³/mol. The third-order valence-corrected chi connectivity index (χ3v) is 4.27. The maximum atomic E-state index is 11.9. The van der Waals surface area contributed by atoms with Crippen molar-refractivity contribution in [1.82, 2.24) is 10.2 Å². The van der Waals surface area contributed by atoms with Gasteiger partial charge in [0.25, 0.3) is 0 Å². The summed E-state index contributed by atoms with van der Waals surface area (Å²) in [4.78, 5) is 24.6. The third-order valence-electron chi connectivity index (χ3n) is 4.27. The summed E-state index contributed by atoms with van der Waals surface area (Å²) in [6, 6.07) is -0.0315.